The van der Waals surface area contributed by atoms with Gasteiger partial charge in [0.2, 0.25) is 5.28 Å². The monoisotopic (exact) mass is 317 g/mol. The van der Waals surface area contributed by atoms with Crippen LogP contribution < -0.4 is 0 Å². The summed E-state index contributed by atoms with van der Waals surface area (Å²) < 4.78 is 1.55. The maximum atomic E-state index is 5.97. The fourth-order valence-corrected chi connectivity index (χ4v) is 2.79. The van der Waals surface area contributed by atoms with Gasteiger partial charge in [-0.25, -0.2) is 4.68 Å². The predicted molar refractivity (Wildman–Crippen MR) is 82.0 cm³/mol. The quantitative estimate of drug-likeness (QED) is 0.740. The average Bonchev–Trinajstić information content (AvgIpc) is 2.96. The van der Waals surface area contributed by atoms with Crippen LogP contribution >= 0.6 is 23.4 Å². The first-order valence-corrected chi connectivity index (χ1v) is 7.48. The molecule has 0 aliphatic carbocycles. The van der Waals surface area contributed by atoms with Gasteiger partial charge in [-0.2, -0.15) is 20.1 Å². The van der Waals surface area contributed by atoms with Crippen LogP contribution in [-0.4, -0.2) is 24.7 Å². The van der Waals surface area contributed by atoms with Crippen molar-refractivity contribution in [3.05, 3.63) is 53.1 Å². The highest BCUT2D eigenvalue weighted by Gasteiger charge is 2.09. The number of halogens is 1. The molecule has 0 spiro atoms. The van der Waals surface area contributed by atoms with Gasteiger partial charge in [-0.3, -0.25) is 0 Å². The fourth-order valence-electron chi connectivity index (χ4n) is 1.74. The van der Waals surface area contributed by atoms with Crippen LogP contribution in [0.25, 0.3) is 5.95 Å². The molecule has 0 radical (unpaired) electrons. The smallest absolute Gasteiger partial charge is 0.206 e. The van der Waals surface area contributed by atoms with Crippen molar-refractivity contribution in [2.24, 2.45) is 0 Å². The van der Waals surface area contributed by atoms with Crippen LogP contribution in [0.4, 0.5) is 0 Å². The fraction of sp³-hybridized carbons (Fsp3) is 0.143. The summed E-state index contributed by atoms with van der Waals surface area (Å²) >= 11 is 7.42. The molecule has 0 bridgehead atoms. The first-order valence-electron chi connectivity index (χ1n) is 6.28. The number of nitrogens with zero attached hydrogens (tertiary/aromatic N) is 5. The molecule has 0 atom stereocenters. The summed E-state index contributed by atoms with van der Waals surface area (Å²) in [5.74, 6) is 0.409. The molecule has 0 unspecified atom stereocenters. The standard InChI is InChI=1S/C14H12ClN5S/c1-9-4-5-11(8-10(9)2)21-14-18-12(15)17-13(19-14)20-7-3-6-16-20/h3-8H,1-2H3. The highest BCUT2D eigenvalue weighted by molar-refractivity contribution is 7.99. The molecule has 3 rings (SSSR count). The topological polar surface area (TPSA) is 56.5 Å². The Morgan fingerprint density at radius 2 is 1.95 bits per heavy atom. The van der Waals surface area contributed by atoms with E-state index in [1.165, 1.54) is 22.9 Å². The van der Waals surface area contributed by atoms with E-state index in [-0.39, 0.29) is 5.28 Å². The van der Waals surface area contributed by atoms with E-state index >= 15 is 0 Å². The Kier molecular flexibility index (Phi) is 3.90. The third kappa shape index (κ3) is 3.22. The van der Waals surface area contributed by atoms with Gasteiger partial charge in [0.05, 0.1) is 0 Å². The molecule has 0 fully saturated rings. The molecule has 1 aromatic carbocycles. The second-order valence-electron chi connectivity index (χ2n) is 4.49. The number of aromatic nitrogens is 5. The van der Waals surface area contributed by atoms with Gasteiger partial charge < -0.3 is 0 Å². The normalized spacial score (nSPS) is 10.8. The van der Waals surface area contributed by atoms with Crippen molar-refractivity contribution < 1.29 is 0 Å². The Bertz CT molecular complexity index is 773. The Hall–Kier alpha value is -1.92. The highest BCUT2D eigenvalue weighted by Crippen LogP contribution is 2.27. The van der Waals surface area contributed by atoms with E-state index < -0.39 is 0 Å². The SMILES string of the molecule is Cc1ccc(Sc2nc(Cl)nc(-n3cccn3)n2)cc1C. The minimum Gasteiger partial charge on any atom is -0.206 e. The van der Waals surface area contributed by atoms with Gasteiger partial charge in [0.15, 0.2) is 5.16 Å². The third-order valence-corrected chi connectivity index (χ3v) is 4.00. The van der Waals surface area contributed by atoms with E-state index in [2.05, 4.69) is 46.0 Å². The molecule has 3 aromatic rings. The molecule has 2 heterocycles. The summed E-state index contributed by atoms with van der Waals surface area (Å²) in [5, 5.41) is 4.80. The minimum absolute atomic E-state index is 0.154. The molecule has 0 saturated heterocycles. The van der Waals surface area contributed by atoms with Gasteiger partial charge in [0.25, 0.3) is 5.95 Å². The van der Waals surface area contributed by atoms with Crippen molar-refractivity contribution in [3.63, 3.8) is 0 Å². The first-order chi connectivity index (χ1) is 10.1. The van der Waals surface area contributed by atoms with Crippen LogP contribution in [0.2, 0.25) is 5.28 Å². The first kappa shape index (κ1) is 14.0. The van der Waals surface area contributed by atoms with Gasteiger partial charge in [-0.1, -0.05) is 6.07 Å². The summed E-state index contributed by atoms with van der Waals surface area (Å²) in [6.07, 6.45) is 3.42. The molecule has 7 heteroatoms. The second-order valence-corrected chi connectivity index (χ2v) is 5.86. The molecular formula is C14H12ClN5S. The van der Waals surface area contributed by atoms with Crippen LogP contribution in [-0.2, 0) is 0 Å². The van der Waals surface area contributed by atoms with Crippen LogP contribution in [0.5, 0.6) is 0 Å². The highest BCUT2D eigenvalue weighted by atomic mass is 35.5. The van der Waals surface area contributed by atoms with Crippen LogP contribution in [0, 0.1) is 13.8 Å². The van der Waals surface area contributed by atoms with E-state index in [1.807, 2.05) is 6.07 Å². The van der Waals surface area contributed by atoms with Crippen molar-refractivity contribution in [1.29, 1.82) is 0 Å². The Balaban J connectivity index is 1.93. The lowest BCUT2D eigenvalue weighted by Crippen LogP contribution is -2.04. The zero-order valence-electron chi connectivity index (χ0n) is 11.5. The lowest BCUT2D eigenvalue weighted by Gasteiger charge is -2.06. The second kappa shape index (κ2) is 5.83. The third-order valence-electron chi connectivity index (χ3n) is 2.97. The van der Waals surface area contributed by atoms with E-state index in [4.69, 9.17) is 11.6 Å². The molecule has 106 valence electrons. The maximum absolute atomic E-state index is 5.97. The van der Waals surface area contributed by atoms with Gasteiger partial charge in [0.1, 0.15) is 0 Å². The molecule has 0 N–H and O–H groups in total. The number of hydrogen-bond donors (Lipinski definition) is 0. The molecule has 21 heavy (non-hydrogen) atoms. The molecule has 2 aromatic heterocycles. The zero-order chi connectivity index (χ0) is 14.8. The Labute approximate surface area is 131 Å². The average molecular weight is 318 g/mol. The summed E-state index contributed by atoms with van der Waals surface area (Å²) in [5.41, 5.74) is 2.48. The lowest BCUT2D eigenvalue weighted by molar-refractivity contribution is 0.759. The van der Waals surface area contributed by atoms with Crippen molar-refractivity contribution in [2.75, 3.05) is 0 Å². The van der Waals surface area contributed by atoms with Gasteiger partial charge in [-0.15, -0.1) is 0 Å². The summed E-state index contributed by atoms with van der Waals surface area (Å²) in [4.78, 5) is 13.7. The number of aryl methyl sites for hydroxylation is 2. The molecule has 0 saturated carbocycles. The van der Waals surface area contributed by atoms with Crippen molar-refractivity contribution >= 4 is 23.4 Å². The van der Waals surface area contributed by atoms with E-state index in [0.717, 1.165) is 4.90 Å². The van der Waals surface area contributed by atoms with Gasteiger partial charge in [0, 0.05) is 17.3 Å². The molecule has 0 amide bonds. The number of rotatable bonds is 3. The van der Waals surface area contributed by atoms with Crippen molar-refractivity contribution in [2.45, 2.75) is 23.9 Å². The van der Waals surface area contributed by atoms with E-state index in [9.17, 15) is 0 Å². The minimum atomic E-state index is 0.154. The predicted octanol–water partition coefficient (Wildman–Crippen LogP) is 3.48. The van der Waals surface area contributed by atoms with E-state index in [0.29, 0.717) is 11.1 Å². The zero-order valence-corrected chi connectivity index (χ0v) is 13.1. The molecular weight excluding hydrogens is 306 g/mol. The van der Waals surface area contributed by atoms with Crippen molar-refractivity contribution in [1.82, 2.24) is 24.7 Å². The van der Waals surface area contributed by atoms with E-state index in [1.54, 1.807) is 23.1 Å². The molecule has 5 nitrogen and oxygen atoms in total. The van der Waals surface area contributed by atoms with Crippen LogP contribution in [0.3, 0.4) is 0 Å². The lowest BCUT2D eigenvalue weighted by atomic mass is 10.1. The summed E-state index contributed by atoms with van der Waals surface area (Å²) in [6, 6.07) is 8.02. The number of hydrogen-bond acceptors (Lipinski definition) is 5. The van der Waals surface area contributed by atoms with Gasteiger partial charge >= 0.3 is 0 Å². The Morgan fingerprint density at radius 1 is 1.10 bits per heavy atom. The van der Waals surface area contributed by atoms with Crippen LogP contribution in [0.1, 0.15) is 11.1 Å². The Morgan fingerprint density at radius 3 is 2.67 bits per heavy atom. The maximum Gasteiger partial charge on any atom is 0.255 e. The molecule has 0 aliphatic heterocycles. The summed E-state index contributed by atoms with van der Waals surface area (Å²) in [6.45, 7) is 4.16. The number of benzene rings is 1. The van der Waals surface area contributed by atoms with Gasteiger partial charge in [-0.05, 0) is 66.5 Å². The van der Waals surface area contributed by atoms with Crippen molar-refractivity contribution in [3.8, 4) is 5.95 Å². The molecule has 0 aliphatic rings. The summed E-state index contributed by atoms with van der Waals surface area (Å²) in [7, 11) is 0. The van der Waals surface area contributed by atoms with Crippen LogP contribution in [0.15, 0.2) is 46.7 Å². The largest absolute Gasteiger partial charge is 0.255 e.